The van der Waals surface area contributed by atoms with Crippen molar-refractivity contribution in [3.05, 3.63) is 18.0 Å². The van der Waals surface area contributed by atoms with Crippen LogP contribution in [-0.4, -0.2) is 29.0 Å². The van der Waals surface area contributed by atoms with Crippen molar-refractivity contribution in [3.8, 4) is 0 Å². The molecule has 2 fully saturated rings. The van der Waals surface area contributed by atoms with Crippen LogP contribution in [-0.2, 0) is 11.2 Å². The lowest BCUT2D eigenvalue weighted by atomic mass is 9.90. The van der Waals surface area contributed by atoms with E-state index in [1.54, 1.807) is 0 Å². The maximum absolute atomic E-state index is 6.36. The zero-order valence-electron chi connectivity index (χ0n) is 12.3. The quantitative estimate of drug-likeness (QED) is 0.920. The molecular weight excluding hydrogens is 250 g/mol. The van der Waals surface area contributed by atoms with Crippen LogP contribution in [0.5, 0.6) is 0 Å². The predicted octanol–water partition coefficient (Wildman–Crippen LogP) is 2.68. The van der Waals surface area contributed by atoms with Crippen molar-refractivity contribution in [1.82, 2.24) is 9.78 Å². The third-order valence-electron chi connectivity index (χ3n) is 4.93. The number of nitrogens with two attached hydrogens (primary N) is 1. The van der Waals surface area contributed by atoms with Crippen LogP contribution in [0.2, 0.25) is 0 Å². The second-order valence-corrected chi connectivity index (χ2v) is 6.40. The Morgan fingerprint density at radius 1 is 1.20 bits per heavy atom. The highest BCUT2D eigenvalue weighted by Gasteiger charge is 2.22. The fourth-order valence-electron chi connectivity index (χ4n) is 3.59. The SMILES string of the molecule is NC(Cc1ccn(C2CCCCC2)n1)C1CCOCC1. The zero-order chi connectivity index (χ0) is 13.8. The van der Waals surface area contributed by atoms with Crippen molar-refractivity contribution in [3.63, 3.8) is 0 Å². The second kappa shape index (κ2) is 6.72. The molecule has 1 saturated carbocycles. The van der Waals surface area contributed by atoms with Crippen LogP contribution in [0.1, 0.15) is 56.7 Å². The van der Waals surface area contributed by atoms with Crippen LogP contribution >= 0.6 is 0 Å². The minimum absolute atomic E-state index is 0.230. The highest BCUT2D eigenvalue weighted by molar-refractivity contribution is 5.03. The first-order valence-electron chi connectivity index (χ1n) is 8.20. The summed E-state index contributed by atoms with van der Waals surface area (Å²) in [5.74, 6) is 0.601. The number of rotatable bonds is 4. The van der Waals surface area contributed by atoms with Gasteiger partial charge in [0.15, 0.2) is 0 Å². The number of aromatic nitrogens is 2. The third kappa shape index (κ3) is 3.41. The summed E-state index contributed by atoms with van der Waals surface area (Å²) >= 11 is 0. The van der Waals surface area contributed by atoms with Crippen LogP contribution in [0.15, 0.2) is 12.3 Å². The first-order chi connectivity index (χ1) is 9.83. The molecule has 1 saturated heterocycles. The van der Waals surface area contributed by atoms with Gasteiger partial charge in [-0.3, -0.25) is 4.68 Å². The Labute approximate surface area is 121 Å². The summed E-state index contributed by atoms with van der Waals surface area (Å²) in [5.41, 5.74) is 7.52. The molecule has 0 radical (unpaired) electrons. The van der Waals surface area contributed by atoms with Crippen molar-refractivity contribution in [1.29, 1.82) is 0 Å². The summed E-state index contributed by atoms with van der Waals surface area (Å²) in [5, 5.41) is 4.77. The lowest BCUT2D eigenvalue weighted by molar-refractivity contribution is 0.0583. The van der Waals surface area contributed by atoms with Gasteiger partial charge in [0.1, 0.15) is 0 Å². The van der Waals surface area contributed by atoms with Crippen molar-refractivity contribution >= 4 is 0 Å². The molecule has 1 unspecified atom stereocenters. The Morgan fingerprint density at radius 3 is 2.70 bits per heavy atom. The molecule has 0 bridgehead atoms. The molecule has 20 heavy (non-hydrogen) atoms. The minimum atomic E-state index is 0.230. The van der Waals surface area contributed by atoms with E-state index in [4.69, 9.17) is 15.6 Å². The van der Waals surface area contributed by atoms with E-state index >= 15 is 0 Å². The lowest BCUT2D eigenvalue weighted by Crippen LogP contribution is -2.36. The third-order valence-corrected chi connectivity index (χ3v) is 4.93. The molecule has 1 aromatic rings. The van der Waals surface area contributed by atoms with Gasteiger partial charge in [0.05, 0.1) is 11.7 Å². The van der Waals surface area contributed by atoms with Gasteiger partial charge in [-0.1, -0.05) is 19.3 Å². The second-order valence-electron chi connectivity index (χ2n) is 6.40. The standard InChI is InChI=1S/C16H27N3O/c17-16(13-7-10-20-11-8-13)12-14-6-9-19(18-14)15-4-2-1-3-5-15/h6,9,13,15-16H,1-5,7-8,10-12,17H2. The molecule has 2 heterocycles. The summed E-state index contributed by atoms with van der Waals surface area (Å²) in [4.78, 5) is 0. The normalized spacial score (nSPS) is 23.9. The molecule has 0 aromatic carbocycles. The molecule has 3 rings (SSSR count). The Kier molecular flexibility index (Phi) is 4.73. The van der Waals surface area contributed by atoms with Crippen molar-refractivity contribution in [2.45, 2.75) is 63.5 Å². The van der Waals surface area contributed by atoms with Gasteiger partial charge < -0.3 is 10.5 Å². The molecule has 2 N–H and O–H groups in total. The molecule has 1 aliphatic carbocycles. The summed E-state index contributed by atoms with van der Waals surface area (Å²) < 4.78 is 7.59. The van der Waals surface area contributed by atoms with Crippen molar-refractivity contribution in [2.24, 2.45) is 11.7 Å². The van der Waals surface area contributed by atoms with Gasteiger partial charge in [-0.05, 0) is 37.7 Å². The molecule has 4 heteroatoms. The van der Waals surface area contributed by atoms with Gasteiger partial charge in [0.2, 0.25) is 0 Å². The molecule has 0 spiro atoms. The van der Waals surface area contributed by atoms with Gasteiger partial charge >= 0.3 is 0 Å². The Balaban J connectivity index is 1.56. The maximum Gasteiger partial charge on any atom is 0.0640 e. The fourth-order valence-corrected chi connectivity index (χ4v) is 3.59. The highest BCUT2D eigenvalue weighted by Crippen LogP contribution is 2.27. The van der Waals surface area contributed by atoms with E-state index in [-0.39, 0.29) is 6.04 Å². The van der Waals surface area contributed by atoms with E-state index in [2.05, 4.69) is 16.9 Å². The van der Waals surface area contributed by atoms with Crippen molar-refractivity contribution < 1.29 is 4.74 Å². The molecule has 2 aliphatic rings. The molecular formula is C16H27N3O. The van der Waals surface area contributed by atoms with E-state index < -0.39 is 0 Å². The van der Waals surface area contributed by atoms with E-state index in [1.807, 2.05) is 0 Å². The molecule has 0 amide bonds. The molecule has 1 aromatic heterocycles. The van der Waals surface area contributed by atoms with Gasteiger partial charge in [-0.2, -0.15) is 5.10 Å². The van der Waals surface area contributed by atoms with E-state index in [9.17, 15) is 0 Å². The summed E-state index contributed by atoms with van der Waals surface area (Å²) in [7, 11) is 0. The number of nitrogens with zero attached hydrogens (tertiary/aromatic N) is 2. The largest absolute Gasteiger partial charge is 0.381 e. The fraction of sp³-hybridized carbons (Fsp3) is 0.812. The minimum Gasteiger partial charge on any atom is -0.381 e. The predicted molar refractivity (Wildman–Crippen MR) is 79.6 cm³/mol. The lowest BCUT2D eigenvalue weighted by Gasteiger charge is -2.27. The molecule has 112 valence electrons. The highest BCUT2D eigenvalue weighted by atomic mass is 16.5. The average molecular weight is 277 g/mol. The van der Waals surface area contributed by atoms with Crippen LogP contribution in [0, 0.1) is 5.92 Å². The van der Waals surface area contributed by atoms with Gasteiger partial charge in [-0.25, -0.2) is 0 Å². The van der Waals surface area contributed by atoms with E-state index in [0.717, 1.165) is 38.2 Å². The van der Waals surface area contributed by atoms with Crippen LogP contribution < -0.4 is 5.73 Å². The molecule has 1 atom stereocenters. The van der Waals surface area contributed by atoms with Gasteiger partial charge in [0, 0.05) is 31.9 Å². The first kappa shape index (κ1) is 14.1. The van der Waals surface area contributed by atoms with E-state index in [0.29, 0.717) is 12.0 Å². The maximum atomic E-state index is 6.36. The first-order valence-corrected chi connectivity index (χ1v) is 8.20. The van der Waals surface area contributed by atoms with Crippen LogP contribution in [0.3, 0.4) is 0 Å². The van der Waals surface area contributed by atoms with Crippen LogP contribution in [0.25, 0.3) is 0 Å². The summed E-state index contributed by atoms with van der Waals surface area (Å²) in [6.45, 7) is 1.74. The van der Waals surface area contributed by atoms with Crippen molar-refractivity contribution in [2.75, 3.05) is 13.2 Å². The van der Waals surface area contributed by atoms with Gasteiger partial charge in [-0.15, -0.1) is 0 Å². The number of hydrogen-bond acceptors (Lipinski definition) is 3. The number of ether oxygens (including phenoxy) is 1. The van der Waals surface area contributed by atoms with Gasteiger partial charge in [0.25, 0.3) is 0 Å². The Hall–Kier alpha value is -0.870. The monoisotopic (exact) mass is 277 g/mol. The summed E-state index contributed by atoms with van der Waals surface area (Å²) in [6.07, 6.45) is 11.9. The number of hydrogen-bond donors (Lipinski definition) is 1. The smallest absolute Gasteiger partial charge is 0.0640 e. The molecule has 1 aliphatic heterocycles. The van der Waals surface area contributed by atoms with Crippen LogP contribution in [0.4, 0.5) is 0 Å². The topological polar surface area (TPSA) is 53.1 Å². The Morgan fingerprint density at radius 2 is 1.95 bits per heavy atom. The summed E-state index contributed by atoms with van der Waals surface area (Å²) in [6, 6.07) is 3.01. The average Bonchev–Trinajstić information content (AvgIpc) is 2.97. The Bertz CT molecular complexity index is 406. The molecule has 4 nitrogen and oxygen atoms in total. The van der Waals surface area contributed by atoms with E-state index in [1.165, 1.54) is 32.1 Å². The zero-order valence-corrected chi connectivity index (χ0v) is 12.3.